The second kappa shape index (κ2) is 10.9. The number of ether oxygens (including phenoxy) is 2. The summed E-state index contributed by atoms with van der Waals surface area (Å²) in [6.07, 6.45) is 1.37. The molecule has 2 aromatic carbocycles. The van der Waals surface area contributed by atoms with Gasteiger partial charge in [0.2, 0.25) is 0 Å². The Morgan fingerprint density at radius 2 is 1.13 bits per heavy atom. The molecule has 2 aromatic heterocycles. The van der Waals surface area contributed by atoms with Gasteiger partial charge < -0.3 is 9.47 Å². The minimum Gasteiger partial charge on any atom is -0.522 e. The van der Waals surface area contributed by atoms with Gasteiger partial charge in [-0.2, -0.15) is 35.4 Å². The number of hydrogen-bond acceptors (Lipinski definition) is 4. The van der Waals surface area contributed by atoms with Crippen molar-refractivity contribution in [2.24, 2.45) is 0 Å². The Morgan fingerprint density at radius 3 is 1.55 bits per heavy atom. The fourth-order valence-electron chi connectivity index (χ4n) is 3.27. The molecule has 0 atom stereocenters. The molecule has 0 aliphatic rings. The van der Waals surface area contributed by atoms with Crippen molar-refractivity contribution in [3.05, 3.63) is 107 Å². The third kappa shape index (κ3) is 6.02. The maximum Gasteiger partial charge on any atom is 2.00 e. The third-order valence-electron chi connectivity index (χ3n) is 4.76. The predicted octanol–water partition coefficient (Wildman–Crippen LogP) is 4.94. The molecule has 2 heterocycles. The molecule has 158 valence electrons. The molecule has 4 aromatic rings. The first kappa shape index (κ1) is 22.7. The SMILES string of the molecule is COc1cc[c-]c(Cc2cccc(-c3cccc(Cc4[c-]ccc(OC)c4)n3)n2)c1.[Pt+2]. The molecule has 0 fully saturated rings. The minimum atomic E-state index is 0. The number of hydrogen-bond donors (Lipinski definition) is 0. The average molecular weight is 590 g/mol. The minimum absolute atomic E-state index is 0. The maximum absolute atomic E-state index is 5.30. The Labute approximate surface area is 197 Å². The number of benzene rings is 2. The maximum atomic E-state index is 5.30. The standard InChI is InChI=1S/C26H22N2O2.Pt/c1-29-23-11-3-7-19(17-23)15-21-9-5-13-25(27-21)26-14-6-10-22(28-26)16-20-8-4-12-24(18-20)30-2;/h3-6,9-14,17-18H,15-16H2,1-2H3;/q-2;+2. The molecular formula is C26H22N2O2Pt. The largest absolute Gasteiger partial charge is 2.00 e. The zero-order chi connectivity index (χ0) is 20.8. The Balaban J connectivity index is 0.00000272. The van der Waals surface area contributed by atoms with Gasteiger partial charge in [-0.1, -0.05) is 12.1 Å². The van der Waals surface area contributed by atoms with E-state index in [1.165, 1.54) is 0 Å². The number of rotatable bonds is 7. The van der Waals surface area contributed by atoms with Crippen molar-refractivity contribution in [2.45, 2.75) is 12.8 Å². The zero-order valence-electron chi connectivity index (χ0n) is 17.4. The molecule has 5 heteroatoms. The summed E-state index contributed by atoms with van der Waals surface area (Å²) in [5.74, 6) is 1.65. The van der Waals surface area contributed by atoms with Gasteiger partial charge in [0, 0.05) is 22.9 Å². The molecule has 0 saturated carbocycles. The predicted molar refractivity (Wildman–Crippen MR) is 117 cm³/mol. The first-order valence-electron chi connectivity index (χ1n) is 9.75. The van der Waals surface area contributed by atoms with Crippen LogP contribution in [0.4, 0.5) is 0 Å². The quantitative estimate of drug-likeness (QED) is 0.287. The van der Waals surface area contributed by atoms with Crippen LogP contribution in [0.1, 0.15) is 22.5 Å². The molecule has 0 radical (unpaired) electrons. The summed E-state index contributed by atoms with van der Waals surface area (Å²) >= 11 is 0. The van der Waals surface area contributed by atoms with Gasteiger partial charge in [-0.15, -0.1) is 24.3 Å². The molecule has 4 rings (SSSR count). The van der Waals surface area contributed by atoms with Gasteiger partial charge in [-0.05, 0) is 37.1 Å². The summed E-state index contributed by atoms with van der Waals surface area (Å²) < 4.78 is 10.6. The van der Waals surface area contributed by atoms with Crippen LogP contribution >= 0.6 is 0 Å². The summed E-state index contributed by atoms with van der Waals surface area (Å²) in [6.45, 7) is 0. The van der Waals surface area contributed by atoms with E-state index in [2.05, 4.69) is 12.1 Å². The fourth-order valence-corrected chi connectivity index (χ4v) is 3.27. The molecule has 0 bridgehead atoms. The van der Waals surface area contributed by atoms with E-state index in [0.717, 1.165) is 45.4 Å². The van der Waals surface area contributed by atoms with E-state index < -0.39 is 0 Å². The first-order valence-corrected chi connectivity index (χ1v) is 9.75. The van der Waals surface area contributed by atoms with Gasteiger partial charge >= 0.3 is 21.1 Å². The zero-order valence-corrected chi connectivity index (χ0v) is 19.6. The van der Waals surface area contributed by atoms with Crippen LogP contribution in [0.2, 0.25) is 0 Å². The second-order valence-corrected chi connectivity index (χ2v) is 6.89. The van der Waals surface area contributed by atoms with E-state index in [0.29, 0.717) is 12.8 Å². The fraction of sp³-hybridized carbons (Fsp3) is 0.154. The van der Waals surface area contributed by atoms with E-state index in [9.17, 15) is 0 Å². The molecule has 0 N–H and O–H groups in total. The van der Waals surface area contributed by atoms with Gasteiger partial charge in [-0.3, -0.25) is 9.97 Å². The Morgan fingerprint density at radius 1 is 0.677 bits per heavy atom. The van der Waals surface area contributed by atoms with Crippen LogP contribution in [0.25, 0.3) is 11.4 Å². The summed E-state index contributed by atoms with van der Waals surface area (Å²) in [5.41, 5.74) is 5.71. The molecule has 0 amide bonds. The van der Waals surface area contributed by atoms with Gasteiger partial charge in [0.15, 0.2) is 0 Å². The molecule has 0 unspecified atom stereocenters. The number of nitrogens with zero attached hydrogens (tertiary/aromatic N) is 2. The number of pyridine rings is 2. The van der Waals surface area contributed by atoms with Crippen molar-refractivity contribution < 1.29 is 30.5 Å². The second-order valence-electron chi connectivity index (χ2n) is 6.89. The van der Waals surface area contributed by atoms with E-state index in [1.807, 2.05) is 72.8 Å². The van der Waals surface area contributed by atoms with Crippen LogP contribution in [0, 0.1) is 12.1 Å². The topological polar surface area (TPSA) is 44.2 Å². The molecule has 4 nitrogen and oxygen atoms in total. The Hall–Kier alpha value is -2.97. The van der Waals surface area contributed by atoms with Crippen LogP contribution in [-0.2, 0) is 33.9 Å². The van der Waals surface area contributed by atoms with Gasteiger partial charge in [0.05, 0.1) is 25.6 Å². The molecule has 0 saturated heterocycles. The van der Waals surface area contributed by atoms with Crippen LogP contribution in [0.5, 0.6) is 11.5 Å². The molecule has 31 heavy (non-hydrogen) atoms. The monoisotopic (exact) mass is 589 g/mol. The normalized spacial score (nSPS) is 10.3. The van der Waals surface area contributed by atoms with Crippen molar-refractivity contribution in [3.63, 3.8) is 0 Å². The van der Waals surface area contributed by atoms with Gasteiger partial charge in [-0.25, -0.2) is 0 Å². The van der Waals surface area contributed by atoms with Crippen molar-refractivity contribution in [3.8, 4) is 22.9 Å². The molecule has 0 aliphatic carbocycles. The first-order chi connectivity index (χ1) is 14.7. The third-order valence-corrected chi connectivity index (χ3v) is 4.76. The Bertz CT molecular complexity index is 1060. The van der Waals surface area contributed by atoms with E-state index >= 15 is 0 Å². The smallest absolute Gasteiger partial charge is 0.522 e. The van der Waals surface area contributed by atoms with Crippen molar-refractivity contribution in [2.75, 3.05) is 14.2 Å². The van der Waals surface area contributed by atoms with Crippen LogP contribution in [-0.4, -0.2) is 24.2 Å². The summed E-state index contributed by atoms with van der Waals surface area (Å²) in [6, 6.07) is 30.0. The summed E-state index contributed by atoms with van der Waals surface area (Å²) in [7, 11) is 3.33. The Kier molecular flexibility index (Phi) is 7.97. The summed E-state index contributed by atoms with van der Waals surface area (Å²) in [4.78, 5) is 9.64. The van der Waals surface area contributed by atoms with Crippen molar-refractivity contribution >= 4 is 0 Å². The average Bonchev–Trinajstić information content (AvgIpc) is 2.80. The van der Waals surface area contributed by atoms with Crippen molar-refractivity contribution in [1.29, 1.82) is 0 Å². The summed E-state index contributed by atoms with van der Waals surface area (Å²) in [5, 5.41) is 0. The van der Waals surface area contributed by atoms with E-state index in [4.69, 9.17) is 19.4 Å². The number of aromatic nitrogens is 2. The van der Waals surface area contributed by atoms with Crippen LogP contribution < -0.4 is 9.47 Å². The number of methoxy groups -OCH3 is 2. The molecule has 0 aliphatic heterocycles. The van der Waals surface area contributed by atoms with Crippen LogP contribution in [0.3, 0.4) is 0 Å². The van der Waals surface area contributed by atoms with E-state index in [-0.39, 0.29) is 21.1 Å². The van der Waals surface area contributed by atoms with Crippen LogP contribution in [0.15, 0.2) is 72.8 Å². The van der Waals surface area contributed by atoms with E-state index in [1.54, 1.807) is 14.2 Å². The van der Waals surface area contributed by atoms with Gasteiger partial charge in [0.25, 0.3) is 0 Å². The van der Waals surface area contributed by atoms with Gasteiger partial charge in [0.1, 0.15) is 0 Å². The molecule has 0 spiro atoms. The van der Waals surface area contributed by atoms with Crippen molar-refractivity contribution in [1.82, 2.24) is 9.97 Å². The molecular weight excluding hydrogens is 567 g/mol.